The van der Waals surface area contributed by atoms with Crippen molar-refractivity contribution in [2.75, 3.05) is 0 Å². The van der Waals surface area contributed by atoms with Gasteiger partial charge in [-0.3, -0.25) is 4.79 Å². The maximum Gasteiger partial charge on any atom is 0.185 e. The van der Waals surface area contributed by atoms with Gasteiger partial charge in [-0.2, -0.15) is 0 Å². The summed E-state index contributed by atoms with van der Waals surface area (Å²) in [6, 6.07) is 18.0. The van der Waals surface area contributed by atoms with Crippen molar-refractivity contribution >= 4 is 54.8 Å². The van der Waals surface area contributed by atoms with Crippen LogP contribution in [-0.4, -0.2) is 14.2 Å². The number of carbonyl (C=O) groups excluding carboxylic acids is 1. The molecule has 3 aromatic rings. The molecule has 0 aromatic heterocycles. The Morgan fingerprint density at radius 3 is 2.17 bits per heavy atom. The van der Waals surface area contributed by atoms with E-state index in [0.717, 1.165) is 10.0 Å². The Morgan fingerprint density at radius 2 is 1.59 bits per heavy atom. The van der Waals surface area contributed by atoms with Crippen LogP contribution in [0, 0.1) is 6.92 Å². The lowest BCUT2D eigenvalue weighted by Crippen LogP contribution is -2.18. The van der Waals surface area contributed by atoms with Crippen LogP contribution in [0.1, 0.15) is 33.2 Å². The fourth-order valence-electron chi connectivity index (χ4n) is 2.96. The Labute approximate surface area is 188 Å². The number of Topliss-reactive ketones (excluding diaryl/α,β-unsaturated/α-hetero) is 1. The number of sulfone groups is 1. The second-order valence-corrected chi connectivity index (χ2v) is 10.5. The molecule has 150 valence electrons. The zero-order valence-electron chi connectivity index (χ0n) is 15.4. The van der Waals surface area contributed by atoms with E-state index < -0.39 is 15.1 Å². The standard InChI is InChI=1S/C22H17BrCl2O3S/c1-14-2-9-18(10-3-14)29(27,28)22(19-11-8-17(24)12-20(19)25)13-21(26)15-4-6-16(23)7-5-15/h2-12,22H,13H2,1H3/t22-/m1/s1. The summed E-state index contributed by atoms with van der Waals surface area (Å²) >= 11 is 15.6. The van der Waals surface area contributed by atoms with Crippen LogP contribution in [0.4, 0.5) is 0 Å². The van der Waals surface area contributed by atoms with Gasteiger partial charge in [0.15, 0.2) is 15.6 Å². The number of carbonyl (C=O) groups is 1. The normalized spacial score (nSPS) is 12.6. The van der Waals surface area contributed by atoms with Crippen LogP contribution in [-0.2, 0) is 9.84 Å². The summed E-state index contributed by atoms with van der Waals surface area (Å²) in [5.74, 6) is -0.288. The number of hydrogen-bond donors (Lipinski definition) is 0. The van der Waals surface area contributed by atoms with Crippen LogP contribution < -0.4 is 0 Å². The molecule has 0 spiro atoms. The minimum atomic E-state index is -3.88. The van der Waals surface area contributed by atoms with Crippen molar-refractivity contribution in [2.45, 2.75) is 23.5 Å². The number of rotatable bonds is 6. The number of hydrogen-bond acceptors (Lipinski definition) is 3. The third-order valence-corrected chi connectivity index (χ3v) is 7.76. The molecule has 7 heteroatoms. The number of ketones is 1. The molecule has 3 rings (SSSR count). The molecule has 0 N–H and O–H groups in total. The van der Waals surface area contributed by atoms with Crippen molar-refractivity contribution in [1.82, 2.24) is 0 Å². The lowest BCUT2D eigenvalue weighted by atomic mass is 10.0. The van der Waals surface area contributed by atoms with E-state index in [1.54, 1.807) is 60.7 Å². The molecule has 0 heterocycles. The first kappa shape index (κ1) is 22.0. The second kappa shape index (κ2) is 9.00. The highest BCUT2D eigenvalue weighted by Crippen LogP contribution is 2.37. The van der Waals surface area contributed by atoms with E-state index in [9.17, 15) is 13.2 Å². The van der Waals surface area contributed by atoms with E-state index in [4.69, 9.17) is 23.2 Å². The predicted octanol–water partition coefficient (Wildman–Crippen LogP) is 6.85. The Kier molecular flexibility index (Phi) is 6.84. The molecule has 0 aliphatic rings. The molecule has 0 aliphatic carbocycles. The van der Waals surface area contributed by atoms with Crippen molar-refractivity contribution in [3.8, 4) is 0 Å². The lowest BCUT2D eigenvalue weighted by molar-refractivity contribution is 0.0980. The van der Waals surface area contributed by atoms with Crippen LogP contribution in [0.5, 0.6) is 0 Å². The third-order valence-electron chi connectivity index (χ3n) is 4.57. The fraction of sp³-hybridized carbons (Fsp3) is 0.136. The van der Waals surface area contributed by atoms with Gasteiger partial charge in [0.2, 0.25) is 0 Å². The fourth-order valence-corrected chi connectivity index (χ4v) is 5.59. The monoisotopic (exact) mass is 510 g/mol. The van der Waals surface area contributed by atoms with Gasteiger partial charge in [0, 0.05) is 26.5 Å². The molecule has 0 saturated carbocycles. The Balaban J connectivity index is 2.07. The van der Waals surface area contributed by atoms with Crippen LogP contribution in [0.2, 0.25) is 10.0 Å². The summed E-state index contributed by atoms with van der Waals surface area (Å²) in [4.78, 5) is 13.0. The molecule has 29 heavy (non-hydrogen) atoms. The third kappa shape index (κ3) is 5.10. The summed E-state index contributed by atoms with van der Waals surface area (Å²) in [7, 11) is -3.88. The van der Waals surface area contributed by atoms with Crippen LogP contribution >= 0.6 is 39.1 Å². The number of benzene rings is 3. The molecular formula is C22H17BrCl2O3S. The van der Waals surface area contributed by atoms with Crippen LogP contribution in [0.3, 0.4) is 0 Å². The van der Waals surface area contributed by atoms with Crippen molar-refractivity contribution in [3.05, 3.63) is 97.9 Å². The summed E-state index contributed by atoms with van der Waals surface area (Å²) in [6.45, 7) is 1.88. The molecule has 0 amide bonds. The van der Waals surface area contributed by atoms with Gasteiger partial charge in [0.1, 0.15) is 0 Å². The smallest absolute Gasteiger partial charge is 0.185 e. The van der Waals surface area contributed by atoms with Crippen molar-refractivity contribution in [3.63, 3.8) is 0 Å². The quantitative estimate of drug-likeness (QED) is 0.340. The van der Waals surface area contributed by atoms with Gasteiger partial charge in [-0.25, -0.2) is 8.42 Å². The first-order valence-corrected chi connectivity index (χ1v) is 11.8. The van der Waals surface area contributed by atoms with Crippen molar-refractivity contribution < 1.29 is 13.2 Å². The Hall–Kier alpha value is -1.66. The minimum absolute atomic E-state index is 0.141. The van der Waals surface area contributed by atoms with E-state index in [1.807, 2.05) is 6.92 Å². The number of halogens is 3. The van der Waals surface area contributed by atoms with Gasteiger partial charge in [-0.15, -0.1) is 0 Å². The van der Waals surface area contributed by atoms with Gasteiger partial charge in [0.05, 0.1) is 10.1 Å². The predicted molar refractivity (Wildman–Crippen MR) is 121 cm³/mol. The summed E-state index contributed by atoms with van der Waals surface area (Å²) in [5.41, 5.74) is 1.72. The minimum Gasteiger partial charge on any atom is -0.294 e. The zero-order valence-corrected chi connectivity index (χ0v) is 19.3. The Morgan fingerprint density at radius 1 is 0.966 bits per heavy atom. The lowest BCUT2D eigenvalue weighted by Gasteiger charge is -2.19. The molecule has 0 unspecified atom stereocenters. The van der Waals surface area contributed by atoms with E-state index in [2.05, 4.69) is 15.9 Å². The molecule has 0 saturated heterocycles. The first-order valence-electron chi connectivity index (χ1n) is 8.73. The summed E-state index contributed by atoms with van der Waals surface area (Å²) in [5, 5.41) is -0.530. The van der Waals surface area contributed by atoms with E-state index in [0.29, 0.717) is 16.1 Å². The summed E-state index contributed by atoms with van der Waals surface area (Å²) < 4.78 is 27.7. The van der Waals surface area contributed by atoms with Crippen LogP contribution in [0.25, 0.3) is 0 Å². The average Bonchev–Trinajstić information content (AvgIpc) is 2.67. The SMILES string of the molecule is Cc1ccc(S(=O)(=O)[C@H](CC(=O)c2ccc(Br)cc2)c2ccc(Cl)cc2Cl)cc1. The van der Waals surface area contributed by atoms with Gasteiger partial charge in [-0.05, 0) is 48.9 Å². The second-order valence-electron chi connectivity index (χ2n) is 6.65. The number of aryl methyl sites for hydroxylation is 1. The van der Waals surface area contributed by atoms with Gasteiger partial charge < -0.3 is 0 Å². The van der Waals surface area contributed by atoms with Gasteiger partial charge >= 0.3 is 0 Å². The van der Waals surface area contributed by atoms with Gasteiger partial charge in [0.25, 0.3) is 0 Å². The highest BCUT2D eigenvalue weighted by atomic mass is 79.9. The van der Waals surface area contributed by atoms with Gasteiger partial charge in [-0.1, -0.05) is 75.0 Å². The zero-order chi connectivity index (χ0) is 21.2. The molecule has 1 atom stereocenters. The highest BCUT2D eigenvalue weighted by Gasteiger charge is 2.33. The maximum absolute atomic E-state index is 13.5. The molecule has 3 aromatic carbocycles. The molecule has 0 radical (unpaired) electrons. The Bertz CT molecular complexity index is 1140. The molecule has 0 fully saturated rings. The van der Waals surface area contributed by atoms with Crippen molar-refractivity contribution in [1.29, 1.82) is 0 Å². The first-order chi connectivity index (χ1) is 13.7. The highest BCUT2D eigenvalue weighted by molar-refractivity contribution is 9.10. The van der Waals surface area contributed by atoms with E-state index in [-0.39, 0.29) is 22.1 Å². The molecular weight excluding hydrogens is 495 g/mol. The molecule has 0 bridgehead atoms. The molecule has 0 aliphatic heterocycles. The van der Waals surface area contributed by atoms with Crippen LogP contribution in [0.15, 0.2) is 76.1 Å². The van der Waals surface area contributed by atoms with E-state index >= 15 is 0 Å². The largest absolute Gasteiger partial charge is 0.294 e. The molecule has 3 nitrogen and oxygen atoms in total. The average molecular weight is 512 g/mol. The maximum atomic E-state index is 13.5. The van der Waals surface area contributed by atoms with Crippen molar-refractivity contribution in [2.24, 2.45) is 0 Å². The topological polar surface area (TPSA) is 51.2 Å². The summed E-state index contributed by atoms with van der Waals surface area (Å²) in [6.07, 6.45) is -0.237. The van der Waals surface area contributed by atoms with E-state index in [1.165, 1.54) is 6.07 Å².